The normalized spacial score (nSPS) is 31.3. The summed E-state index contributed by atoms with van der Waals surface area (Å²) in [5.41, 5.74) is 0. The summed E-state index contributed by atoms with van der Waals surface area (Å²) in [7, 11) is 0. The molecule has 3 aliphatic rings. The minimum absolute atomic E-state index is 0.655. The summed E-state index contributed by atoms with van der Waals surface area (Å²) in [6, 6.07) is 0.655. The molecule has 0 radical (unpaired) electrons. The summed E-state index contributed by atoms with van der Waals surface area (Å²) >= 11 is 0. The van der Waals surface area contributed by atoms with Gasteiger partial charge in [-0.2, -0.15) is 4.98 Å². The number of piperidine rings is 1. The number of hydrogen-bond donors (Lipinski definition) is 2. The van der Waals surface area contributed by atoms with Gasteiger partial charge in [0.1, 0.15) is 5.82 Å². The number of aromatic nitrogens is 3. The van der Waals surface area contributed by atoms with Gasteiger partial charge >= 0.3 is 0 Å². The Morgan fingerprint density at radius 2 is 2.11 bits per heavy atom. The minimum atomic E-state index is 0.655. The van der Waals surface area contributed by atoms with Gasteiger partial charge in [-0.15, -0.1) is 5.10 Å². The van der Waals surface area contributed by atoms with Crippen LogP contribution < -0.4 is 10.2 Å². The summed E-state index contributed by atoms with van der Waals surface area (Å²) in [6.45, 7) is 3.37. The van der Waals surface area contributed by atoms with Crippen LogP contribution in [0.5, 0.6) is 0 Å². The number of anilines is 1. The quantitative estimate of drug-likeness (QED) is 0.862. The van der Waals surface area contributed by atoms with E-state index in [-0.39, 0.29) is 0 Å². The molecule has 0 spiro atoms. The Labute approximate surface area is 114 Å². The molecule has 3 heterocycles. The first-order valence-electron chi connectivity index (χ1n) is 7.78. The van der Waals surface area contributed by atoms with E-state index in [1.54, 1.807) is 0 Å². The van der Waals surface area contributed by atoms with E-state index in [9.17, 15) is 0 Å². The summed E-state index contributed by atoms with van der Waals surface area (Å²) in [4.78, 5) is 7.06. The molecule has 2 saturated heterocycles. The minimum Gasteiger partial charge on any atom is -0.338 e. The van der Waals surface area contributed by atoms with E-state index in [0.717, 1.165) is 43.1 Å². The van der Waals surface area contributed by atoms with Gasteiger partial charge in [0.05, 0.1) is 0 Å². The lowest BCUT2D eigenvalue weighted by Gasteiger charge is -2.24. The van der Waals surface area contributed by atoms with Gasteiger partial charge < -0.3 is 10.2 Å². The molecule has 19 heavy (non-hydrogen) atoms. The van der Waals surface area contributed by atoms with Crippen molar-refractivity contribution in [2.45, 2.75) is 44.6 Å². The molecule has 5 heteroatoms. The van der Waals surface area contributed by atoms with E-state index in [2.05, 4.69) is 20.4 Å². The van der Waals surface area contributed by atoms with Crippen molar-refractivity contribution in [3.63, 3.8) is 0 Å². The molecule has 2 N–H and O–H groups in total. The fraction of sp³-hybridized carbons (Fsp3) is 0.857. The standard InChI is InChI=1S/C14H23N5/c1-3-10(4-1)7-13-16-14(18-17-13)19-8-11-5-2-6-15-12(11)9-19/h10-12,15H,1-9H2,(H,16,17,18). The Morgan fingerprint density at radius 3 is 2.89 bits per heavy atom. The highest BCUT2D eigenvalue weighted by atomic mass is 15.4. The van der Waals surface area contributed by atoms with Gasteiger partial charge in [0, 0.05) is 25.6 Å². The van der Waals surface area contributed by atoms with Crippen LogP contribution in [0.2, 0.25) is 0 Å². The number of aromatic amines is 1. The van der Waals surface area contributed by atoms with Crippen molar-refractivity contribution in [3.05, 3.63) is 5.82 Å². The molecule has 0 aromatic carbocycles. The molecule has 2 unspecified atom stereocenters. The van der Waals surface area contributed by atoms with Gasteiger partial charge in [0.15, 0.2) is 0 Å². The van der Waals surface area contributed by atoms with Gasteiger partial charge in [-0.1, -0.05) is 19.3 Å². The molecule has 104 valence electrons. The Balaban J connectivity index is 1.41. The summed E-state index contributed by atoms with van der Waals surface area (Å²) in [5.74, 6) is 3.65. The Hall–Kier alpha value is -1.10. The zero-order valence-corrected chi connectivity index (χ0v) is 11.4. The lowest BCUT2D eigenvalue weighted by Crippen LogP contribution is -2.40. The Morgan fingerprint density at radius 1 is 1.16 bits per heavy atom. The van der Waals surface area contributed by atoms with E-state index in [0.29, 0.717) is 6.04 Å². The fourth-order valence-corrected chi connectivity index (χ4v) is 3.70. The number of fused-ring (bicyclic) bond motifs is 1. The maximum Gasteiger partial charge on any atom is 0.244 e. The van der Waals surface area contributed by atoms with Crippen LogP contribution in [0.4, 0.5) is 5.95 Å². The highest BCUT2D eigenvalue weighted by molar-refractivity contribution is 5.32. The van der Waals surface area contributed by atoms with Crippen molar-refractivity contribution >= 4 is 5.95 Å². The molecule has 1 aromatic rings. The molecule has 1 saturated carbocycles. The van der Waals surface area contributed by atoms with Crippen LogP contribution in [0.25, 0.3) is 0 Å². The number of rotatable bonds is 3. The molecule has 2 atom stereocenters. The van der Waals surface area contributed by atoms with Crippen LogP contribution in [0.1, 0.15) is 37.9 Å². The van der Waals surface area contributed by atoms with Gasteiger partial charge in [0.2, 0.25) is 5.95 Å². The summed E-state index contributed by atoms with van der Waals surface area (Å²) < 4.78 is 0. The van der Waals surface area contributed by atoms with Crippen molar-refractivity contribution < 1.29 is 0 Å². The van der Waals surface area contributed by atoms with E-state index < -0.39 is 0 Å². The molecule has 4 rings (SSSR count). The Kier molecular flexibility index (Phi) is 2.94. The Bertz CT molecular complexity index is 425. The van der Waals surface area contributed by atoms with E-state index in [1.807, 2.05) is 0 Å². The van der Waals surface area contributed by atoms with Gasteiger partial charge in [-0.05, 0) is 31.2 Å². The summed E-state index contributed by atoms with van der Waals surface area (Å²) in [6.07, 6.45) is 7.89. The smallest absolute Gasteiger partial charge is 0.244 e. The molecule has 1 aliphatic carbocycles. The molecular formula is C14H23N5. The zero-order valence-electron chi connectivity index (χ0n) is 11.4. The van der Waals surface area contributed by atoms with Crippen LogP contribution in [0.3, 0.4) is 0 Å². The van der Waals surface area contributed by atoms with E-state index in [4.69, 9.17) is 4.98 Å². The first-order chi connectivity index (χ1) is 9.38. The lowest BCUT2D eigenvalue weighted by atomic mass is 9.83. The van der Waals surface area contributed by atoms with Crippen molar-refractivity contribution in [1.82, 2.24) is 20.5 Å². The molecule has 0 amide bonds. The molecule has 3 fully saturated rings. The van der Waals surface area contributed by atoms with Gasteiger partial charge in [0.25, 0.3) is 0 Å². The molecular weight excluding hydrogens is 238 g/mol. The van der Waals surface area contributed by atoms with Crippen LogP contribution in [-0.2, 0) is 6.42 Å². The zero-order chi connectivity index (χ0) is 12.7. The van der Waals surface area contributed by atoms with E-state index in [1.165, 1.54) is 38.6 Å². The van der Waals surface area contributed by atoms with Crippen molar-refractivity contribution in [2.75, 3.05) is 24.5 Å². The molecule has 5 nitrogen and oxygen atoms in total. The molecule has 2 aliphatic heterocycles. The topological polar surface area (TPSA) is 56.8 Å². The maximum atomic E-state index is 4.70. The highest BCUT2D eigenvalue weighted by Crippen LogP contribution is 2.30. The highest BCUT2D eigenvalue weighted by Gasteiger charge is 2.35. The van der Waals surface area contributed by atoms with Crippen LogP contribution >= 0.6 is 0 Å². The van der Waals surface area contributed by atoms with Crippen LogP contribution in [-0.4, -0.2) is 40.9 Å². The number of nitrogens with one attached hydrogen (secondary N) is 2. The van der Waals surface area contributed by atoms with Gasteiger partial charge in [-0.3, -0.25) is 5.10 Å². The summed E-state index contributed by atoms with van der Waals surface area (Å²) in [5, 5.41) is 11.2. The number of nitrogens with zero attached hydrogens (tertiary/aromatic N) is 3. The second-order valence-electron chi connectivity index (χ2n) is 6.45. The lowest BCUT2D eigenvalue weighted by molar-refractivity contribution is 0.309. The average molecular weight is 261 g/mol. The average Bonchev–Trinajstić information content (AvgIpc) is 3.00. The first-order valence-corrected chi connectivity index (χ1v) is 7.78. The fourth-order valence-electron chi connectivity index (χ4n) is 3.70. The largest absolute Gasteiger partial charge is 0.338 e. The first kappa shape index (κ1) is 11.7. The third-order valence-electron chi connectivity index (χ3n) is 5.11. The van der Waals surface area contributed by atoms with Crippen molar-refractivity contribution in [3.8, 4) is 0 Å². The number of H-pyrrole nitrogens is 1. The van der Waals surface area contributed by atoms with Crippen molar-refractivity contribution in [1.29, 1.82) is 0 Å². The predicted octanol–water partition coefficient (Wildman–Crippen LogP) is 1.34. The maximum absolute atomic E-state index is 4.70. The predicted molar refractivity (Wildman–Crippen MR) is 74.2 cm³/mol. The molecule has 0 bridgehead atoms. The van der Waals surface area contributed by atoms with E-state index >= 15 is 0 Å². The third kappa shape index (κ3) is 2.24. The van der Waals surface area contributed by atoms with Crippen LogP contribution in [0.15, 0.2) is 0 Å². The second kappa shape index (κ2) is 4.78. The monoisotopic (exact) mass is 261 g/mol. The molecule has 1 aromatic heterocycles. The second-order valence-corrected chi connectivity index (χ2v) is 6.45. The number of hydrogen-bond acceptors (Lipinski definition) is 4. The van der Waals surface area contributed by atoms with Gasteiger partial charge in [-0.25, -0.2) is 0 Å². The van der Waals surface area contributed by atoms with Crippen molar-refractivity contribution in [2.24, 2.45) is 11.8 Å². The third-order valence-corrected chi connectivity index (χ3v) is 5.11. The SMILES string of the molecule is C1CC(Cc2nc(N3CC4CCCNC4C3)n[nH]2)C1. The van der Waals surface area contributed by atoms with Crippen LogP contribution in [0, 0.1) is 11.8 Å².